The lowest BCUT2D eigenvalue weighted by molar-refractivity contribution is 0.0517. The maximum Gasteiger partial charge on any atom is 0.358 e. The molecule has 3 rings (SSSR count). The summed E-state index contributed by atoms with van der Waals surface area (Å²) < 4.78 is 5.01. The van der Waals surface area contributed by atoms with Crippen molar-refractivity contribution in [3.63, 3.8) is 0 Å². The van der Waals surface area contributed by atoms with E-state index in [4.69, 9.17) is 4.74 Å². The van der Waals surface area contributed by atoms with E-state index in [1.165, 1.54) is 37.5 Å². The lowest BCUT2D eigenvalue weighted by Gasteiger charge is -2.18. The number of hydrogen-bond donors (Lipinski definition) is 0. The fourth-order valence-corrected chi connectivity index (χ4v) is 4.77. The largest absolute Gasteiger partial charge is 0.461 e. The van der Waals surface area contributed by atoms with E-state index in [9.17, 15) is 9.59 Å². The molecule has 0 spiro atoms. The second-order valence-electron chi connectivity index (χ2n) is 5.79. The van der Waals surface area contributed by atoms with Crippen LogP contribution in [0.1, 0.15) is 70.6 Å². The van der Waals surface area contributed by atoms with Crippen molar-refractivity contribution in [2.75, 3.05) is 6.61 Å². The maximum atomic E-state index is 11.9. The second kappa shape index (κ2) is 5.28. The van der Waals surface area contributed by atoms with Crippen LogP contribution >= 0.6 is 11.3 Å². The van der Waals surface area contributed by atoms with E-state index in [1.54, 1.807) is 6.92 Å². The minimum Gasteiger partial charge on any atom is -0.461 e. The van der Waals surface area contributed by atoms with Gasteiger partial charge >= 0.3 is 5.97 Å². The Labute approximate surface area is 122 Å². The fraction of sp³-hybridized carbons (Fsp3) is 0.667. The van der Waals surface area contributed by atoms with E-state index in [0.29, 0.717) is 23.3 Å². The summed E-state index contributed by atoms with van der Waals surface area (Å²) >= 11 is 1.40. The number of ether oxygens (including phenoxy) is 1. The first-order valence-electron chi connectivity index (χ1n) is 7.29. The smallest absolute Gasteiger partial charge is 0.358 e. The van der Waals surface area contributed by atoms with Gasteiger partial charge in [-0.15, -0.1) is 11.3 Å². The van der Waals surface area contributed by atoms with Crippen LogP contribution in [0, 0.1) is 11.8 Å². The van der Waals surface area contributed by atoms with Gasteiger partial charge in [-0.2, -0.15) is 0 Å². The molecule has 2 aliphatic carbocycles. The molecule has 20 heavy (non-hydrogen) atoms. The highest BCUT2D eigenvalue weighted by atomic mass is 32.1. The van der Waals surface area contributed by atoms with E-state index in [-0.39, 0.29) is 11.5 Å². The number of carbonyl (C=O) groups excluding carboxylic acids is 2. The predicted octanol–water partition coefficient (Wildman–Crippen LogP) is 3.43. The second-order valence-corrected chi connectivity index (χ2v) is 6.82. The first-order chi connectivity index (χ1) is 9.60. The highest BCUT2D eigenvalue weighted by Crippen LogP contribution is 2.53. The van der Waals surface area contributed by atoms with Gasteiger partial charge in [0.2, 0.25) is 0 Å². The number of thiazole rings is 1. The van der Waals surface area contributed by atoms with Gasteiger partial charge in [0.25, 0.3) is 0 Å². The Morgan fingerprint density at radius 3 is 2.70 bits per heavy atom. The van der Waals surface area contributed by atoms with Crippen LogP contribution < -0.4 is 0 Å². The molecule has 108 valence electrons. The van der Waals surface area contributed by atoms with Gasteiger partial charge < -0.3 is 4.74 Å². The van der Waals surface area contributed by atoms with Crippen LogP contribution in [-0.4, -0.2) is 23.3 Å². The van der Waals surface area contributed by atoms with Crippen molar-refractivity contribution in [1.82, 2.24) is 4.98 Å². The SMILES string of the molecule is CCOC(=O)c1nc(C2CC3CCC2C3)sc1C(C)=O. The molecule has 0 radical (unpaired) electrons. The van der Waals surface area contributed by atoms with E-state index in [0.717, 1.165) is 17.3 Å². The van der Waals surface area contributed by atoms with Gasteiger partial charge in [-0.05, 0) is 38.0 Å². The number of aromatic nitrogens is 1. The molecule has 0 amide bonds. The Hall–Kier alpha value is -1.23. The van der Waals surface area contributed by atoms with E-state index in [2.05, 4.69) is 4.98 Å². The van der Waals surface area contributed by atoms with Gasteiger partial charge in [-0.1, -0.05) is 6.42 Å². The summed E-state index contributed by atoms with van der Waals surface area (Å²) in [5.74, 6) is 1.39. The molecule has 1 aromatic heterocycles. The Kier molecular flexibility index (Phi) is 3.63. The third-order valence-electron chi connectivity index (χ3n) is 4.49. The fourth-order valence-electron chi connectivity index (χ4n) is 3.62. The molecule has 5 heteroatoms. The standard InChI is InChI=1S/C15H19NO3S/c1-3-19-15(18)12-13(8(2)17)20-14(16-12)11-7-9-4-5-10(11)6-9/h9-11H,3-7H2,1-2H3. The molecular formula is C15H19NO3S. The maximum absolute atomic E-state index is 11.9. The van der Waals surface area contributed by atoms with Crippen molar-refractivity contribution in [2.45, 2.75) is 45.4 Å². The Morgan fingerprint density at radius 1 is 1.35 bits per heavy atom. The zero-order valence-electron chi connectivity index (χ0n) is 11.8. The Morgan fingerprint density at radius 2 is 2.15 bits per heavy atom. The topological polar surface area (TPSA) is 56.3 Å². The summed E-state index contributed by atoms with van der Waals surface area (Å²) in [6, 6.07) is 0. The number of hydrogen-bond acceptors (Lipinski definition) is 5. The lowest BCUT2D eigenvalue weighted by Crippen LogP contribution is -2.11. The van der Waals surface area contributed by atoms with Crippen molar-refractivity contribution in [2.24, 2.45) is 11.8 Å². The number of esters is 1. The summed E-state index contributed by atoms with van der Waals surface area (Å²) in [4.78, 5) is 28.6. The molecule has 2 saturated carbocycles. The number of carbonyl (C=O) groups is 2. The molecule has 2 bridgehead atoms. The number of rotatable bonds is 4. The molecule has 2 fully saturated rings. The van der Waals surface area contributed by atoms with Gasteiger partial charge in [-0.3, -0.25) is 4.79 Å². The van der Waals surface area contributed by atoms with Crippen LogP contribution in [0.25, 0.3) is 0 Å². The van der Waals surface area contributed by atoms with Gasteiger partial charge in [0.1, 0.15) is 4.88 Å². The van der Waals surface area contributed by atoms with Crippen LogP contribution in [-0.2, 0) is 4.74 Å². The van der Waals surface area contributed by atoms with Gasteiger partial charge in [-0.25, -0.2) is 9.78 Å². The van der Waals surface area contributed by atoms with Crippen LogP contribution in [0.2, 0.25) is 0 Å². The Bertz CT molecular complexity index is 551. The number of ketones is 1. The molecule has 1 aromatic rings. The first kappa shape index (κ1) is 13.7. The Balaban J connectivity index is 1.91. The third-order valence-corrected chi connectivity index (χ3v) is 5.78. The molecule has 2 aliphatic rings. The highest BCUT2D eigenvalue weighted by Gasteiger charge is 2.42. The summed E-state index contributed by atoms with van der Waals surface area (Å²) in [7, 11) is 0. The minimum atomic E-state index is -0.469. The number of Topliss-reactive ketones (excluding diaryl/α,β-unsaturated/α-hetero) is 1. The summed E-state index contributed by atoms with van der Waals surface area (Å²) in [5.41, 5.74) is 0.224. The average molecular weight is 293 g/mol. The summed E-state index contributed by atoms with van der Waals surface area (Å²) in [5, 5.41) is 0.963. The summed E-state index contributed by atoms with van der Waals surface area (Å²) in [6.45, 7) is 3.55. The van der Waals surface area contributed by atoms with Gasteiger partial charge in [0.15, 0.2) is 11.5 Å². The molecule has 0 aromatic carbocycles. The van der Waals surface area contributed by atoms with E-state index >= 15 is 0 Å². The van der Waals surface area contributed by atoms with Crippen LogP contribution in [0.3, 0.4) is 0 Å². The molecule has 0 saturated heterocycles. The normalized spacial score (nSPS) is 27.8. The zero-order chi connectivity index (χ0) is 14.3. The van der Waals surface area contributed by atoms with Gasteiger partial charge in [0, 0.05) is 12.8 Å². The molecule has 0 aliphatic heterocycles. The van der Waals surface area contributed by atoms with Crippen LogP contribution in [0.4, 0.5) is 0 Å². The van der Waals surface area contributed by atoms with Crippen molar-refractivity contribution in [1.29, 1.82) is 0 Å². The van der Waals surface area contributed by atoms with Crippen LogP contribution in [0.5, 0.6) is 0 Å². The first-order valence-corrected chi connectivity index (χ1v) is 8.10. The lowest BCUT2D eigenvalue weighted by atomic mass is 9.89. The molecule has 3 unspecified atom stereocenters. The monoisotopic (exact) mass is 293 g/mol. The molecular weight excluding hydrogens is 274 g/mol. The third kappa shape index (κ3) is 2.28. The quantitative estimate of drug-likeness (QED) is 0.630. The molecule has 4 nitrogen and oxygen atoms in total. The molecule has 0 N–H and O–H groups in total. The van der Waals surface area contributed by atoms with Crippen LogP contribution in [0.15, 0.2) is 0 Å². The molecule has 3 atom stereocenters. The van der Waals surface area contributed by atoms with Crippen molar-refractivity contribution in [3.8, 4) is 0 Å². The zero-order valence-corrected chi connectivity index (χ0v) is 12.7. The number of nitrogens with zero attached hydrogens (tertiary/aromatic N) is 1. The van der Waals surface area contributed by atoms with Crippen molar-refractivity contribution < 1.29 is 14.3 Å². The van der Waals surface area contributed by atoms with Gasteiger partial charge in [0.05, 0.1) is 11.6 Å². The number of fused-ring (bicyclic) bond motifs is 2. The molecule has 1 heterocycles. The van der Waals surface area contributed by atoms with E-state index in [1.807, 2.05) is 0 Å². The predicted molar refractivity (Wildman–Crippen MR) is 76.3 cm³/mol. The van der Waals surface area contributed by atoms with Crippen molar-refractivity contribution >= 4 is 23.1 Å². The average Bonchev–Trinajstić information content (AvgIpc) is 3.13. The minimum absolute atomic E-state index is 0.0973. The van der Waals surface area contributed by atoms with E-state index < -0.39 is 5.97 Å². The highest BCUT2D eigenvalue weighted by molar-refractivity contribution is 7.14. The van der Waals surface area contributed by atoms with Crippen molar-refractivity contribution in [3.05, 3.63) is 15.6 Å². The summed E-state index contributed by atoms with van der Waals surface area (Å²) in [6.07, 6.45) is 5.04.